The molecule has 7 nitrogen and oxygen atoms in total. The number of aliphatic carboxylic acids is 1. The van der Waals surface area contributed by atoms with Crippen molar-refractivity contribution in [2.45, 2.75) is 32.4 Å². The molecule has 1 fully saturated rings. The molecule has 1 N–H and O–H groups in total. The minimum atomic E-state index is -0.732. The molecule has 196 valence electrons. The molecule has 0 amide bonds. The zero-order valence-electron chi connectivity index (χ0n) is 21.7. The van der Waals surface area contributed by atoms with E-state index in [-0.39, 0.29) is 12.0 Å². The number of piperidine rings is 1. The number of rotatable bonds is 11. The molecule has 1 aliphatic heterocycles. The topological polar surface area (TPSA) is 77.5 Å². The maximum absolute atomic E-state index is 11.6. The fraction of sp³-hybridized carbons (Fsp3) is 0.367. The van der Waals surface area contributed by atoms with Gasteiger partial charge in [-0.25, -0.2) is 0 Å². The van der Waals surface area contributed by atoms with E-state index in [1.807, 2.05) is 73.7 Å². The van der Waals surface area contributed by atoms with Gasteiger partial charge in [-0.15, -0.1) is 0 Å². The SMILES string of the molecule is CCOc1cc(C(c2c(OC)cccc2OC)N2CCC(C(=O)O)CC2)ccc1OCc1ccccc1. The molecule has 7 heteroatoms. The first-order chi connectivity index (χ1) is 18.0. The van der Waals surface area contributed by atoms with E-state index >= 15 is 0 Å². The second-order valence-electron chi connectivity index (χ2n) is 9.04. The van der Waals surface area contributed by atoms with Crippen LogP contribution in [0.25, 0.3) is 0 Å². The molecule has 1 heterocycles. The van der Waals surface area contributed by atoms with Gasteiger partial charge in [0.15, 0.2) is 11.5 Å². The van der Waals surface area contributed by atoms with Gasteiger partial charge in [-0.2, -0.15) is 0 Å². The van der Waals surface area contributed by atoms with E-state index in [1.165, 1.54) is 0 Å². The molecule has 0 aromatic heterocycles. The number of likely N-dealkylation sites (tertiary alicyclic amines) is 1. The molecule has 3 aromatic rings. The van der Waals surface area contributed by atoms with Crippen molar-refractivity contribution in [3.05, 3.63) is 83.4 Å². The summed E-state index contributed by atoms with van der Waals surface area (Å²) in [7, 11) is 3.30. The zero-order chi connectivity index (χ0) is 26.2. The summed E-state index contributed by atoms with van der Waals surface area (Å²) in [5, 5.41) is 9.53. The number of ether oxygens (including phenoxy) is 4. The Bertz CT molecular complexity index is 1150. The summed E-state index contributed by atoms with van der Waals surface area (Å²) in [6.45, 7) is 4.16. The first-order valence-electron chi connectivity index (χ1n) is 12.7. The Labute approximate surface area is 218 Å². The van der Waals surface area contributed by atoms with Crippen LogP contribution in [0.2, 0.25) is 0 Å². The third-order valence-electron chi connectivity index (χ3n) is 6.80. The summed E-state index contributed by atoms with van der Waals surface area (Å²) in [5.74, 6) is 1.70. The van der Waals surface area contributed by atoms with Gasteiger partial charge in [0.1, 0.15) is 18.1 Å². The van der Waals surface area contributed by atoms with Gasteiger partial charge in [0.25, 0.3) is 0 Å². The van der Waals surface area contributed by atoms with Crippen molar-refractivity contribution < 1.29 is 28.8 Å². The molecule has 0 radical (unpaired) electrons. The summed E-state index contributed by atoms with van der Waals surface area (Å²) in [6.07, 6.45) is 1.17. The second-order valence-corrected chi connectivity index (χ2v) is 9.04. The third kappa shape index (κ3) is 6.17. The number of benzene rings is 3. The average Bonchev–Trinajstić information content (AvgIpc) is 2.93. The number of hydrogen-bond acceptors (Lipinski definition) is 6. The molecular formula is C30H35NO6. The average molecular weight is 506 g/mol. The fourth-order valence-corrected chi connectivity index (χ4v) is 4.93. The van der Waals surface area contributed by atoms with Crippen molar-refractivity contribution in [2.24, 2.45) is 5.92 Å². The van der Waals surface area contributed by atoms with E-state index in [2.05, 4.69) is 4.90 Å². The first kappa shape index (κ1) is 26.4. The third-order valence-corrected chi connectivity index (χ3v) is 6.80. The lowest BCUT2D eigenvalue weighted by molar-refractivity contribution is -0.143. The van der Waals surface area contributed by atoms with Crippen LogP contribution in [0, 0.1) is 5.92 Å². The van der Waals surface area contributed by atoms with Gasteiger partial charge in [-0.1, -0.05) is 42.5 Å². The van der Waals surface area contributed by atoms with Crippen molar-refractivity contribution in [2.75, 3.05) is 33.9 Å². The maximum Gasteiger partial charge on any atom is 0.306 e. The van der Waals surface area contributed by atoms with Gasteiger partial charge in [0.2, 0.25) is 0 Å². The molecule has 1 unspecified atom stereocenters. The molecule has 0 spiro atoms. The number of methoxy groups -OCH3 is 2. The Morgan fingerprint density at radius 1 is 0.892 bits per heavy atom. The Morgan fingerprint density at radius 2 is 1.57 bits per heavy atom. The summed E-state index contributed by atoms with van der Waals surface area (Å²) in [6, 6.07) is 21.6. The normalized spacial score (nSPS) is 15.1. The molecule has 4 rings (SSSR count). The van der Waals surface area contributed by atoms with E-state index in [0.717, 1.165) is 16.7 Å². The quantitative estimate of drug-likeness (QED) is 0.365. The Kier molecular flexibility index (Phi) is 8.90. The highest BCUT2D eigenvalue weighted by molar-refractivity contribution is 5.70. The van der Waals surface area contributed by atoms with Gasteiger partial charge >= 0.3 is 5.97 Å². The standard InChI is InChI=1S/C30H35NO6/c1-4-36-27-19-23(13-14-24(27)37-20-21-9-6-5-7-10-21)29(31-17-15-22(16-18-31)30(32)33)28-25(34-2)11-8-12-26(28)35-3/h5-14,19,22,29H,4,15-18,20H2,1-3H3,(H,32,33). The zero-order valence-corrected chi connectivity index (χ0v) is 21.7. The molecule has 0 aliphatic carbocycles. The lowest BCUT2D eigenvalue weighted by Crippen LogP contribution is -2.39. The summed E-state index contributed by atoms with van der Waals surface area (Å²) in [5.41, 5.74) is 2.97. The molecule has 3 aromatic carbocycles. The van der Waals surface area contributed by atoms with Crippen LogP contribution in [-0.2, 0) is 11.4 Å². The first-order valence-corrected chi connectivity index (χ1v) is 12.7. The number of carbonyl (C=O) groups is 1. The Morgan fingerprint density at radius 3 is 2.16 bits per heavy atom. The highest BCUT2D eigenvalue weighted by Crippen LogP contribution is 2.44. The van der Waals surface area contributed by atoms with Gasteiger partial charge in [-0.3, -0.25) is 9.69 Å². The number of carboxylic acids is 1. The van der Waals surface area contributed by atoms with Gasteiger partial charge in [0, 0.05) is 0 Å². The number of hydrogen-bond donors (Lipinski definition) is 1. The minimum Gasteiger partial charge on any atom is -0.496 e. The fourth-order valence-electron chi connectivity index (χ4n) is 4.93. The summed E-state index contributed by atoms with van der Waals surface area (Å²) in [4.78, 5) is 13.9. The van der Waals surface area contributed by atoms with Gasteiger partial charge in [0.05, 0.1) is 38.3 Å². The predicted octanol–water partition coefficient (Wildman–Crippen LogP) is 5.57. The van der Waals surface area contributed by atoms with Crippen LogP contribution in [0.5, 0.6) is 23.0 Å². The van der Waals surface area contributed by atoms with Crippen molar-refractivity contribution in [3.8, 4) is 23.0 Å². The van der Waals surface area contributed by atoms with Crippen LogP contribution < -0.4 is 18.9 Å². The van der Waals surface area contributed by atoms with Crippen LogP contribution >= 0.6 is 0 Å². The van der Waals surface area contributed by atoms with Crippen LogP contribution in [0.3, 0.4) is 0 Å². The molecule has 1 atom stereocenters. The highest BCUT2D eigenvalue weighted by atomic mass is 16.5. The largest absolute Gasteiger partial charge is 0.496 e. The van der Waals surface area contributed by atoms with Gasteiger partial charge in [-0.05, 0) is 68.2 Å². The van der Waals surface area contributed by atoms with Crippen molar-refractivity contribution in [1.82, 2.24) is 4.90 Å². The number of nitrogens with zero attached hydrogens (tertiary/aromatic N) is 1. The van der Waals surface area contributed by atoms with E-state index < -0.39 is 5.97 Å². The van der Waals surface area contributed by atoms with Crippen LogP contribution in [-0.4, -0.2) is 49.9 Å². The van der Waals surface area contributed by atoms with Crippen molar-refractivity contribution in [1.29, 1.82) is 0 Å². The van der Waals surface area contributed by atoms with Crippen LogP contribution in [0.15, 0.2) is 66.7 Å². The smallest absolute Gasteiger partial charge is 0.306 e. The van der Waals surface area contributed by atoms with E-state index in [9.17, 15) is 9.90 Å². The van der Waals surface area contributed by atoms with E-state index in [0.29, 0.717) is 62.1 Å². The number of carboxylic acid groups (broad SMARTS) is 1. The molecule has 1 aliphatic rings. The van der Waals surface area contributed by atoms with E-state index in [4.69, 9.17) is 18.9 Å². The summed E-state index contributed by atoms with van der Waals surface area (Å²) < 4.78 is 23.7. The lowest BCUT2D eigenvalue weighted by atomic mass is 9.90. The molecular weight excluding hydrogens is 470 g/mol. The lowest BCUT2D eigenvalue weighted by Gasteiger charge is -2.38. The molecule has 37 heavy (non-hydrogen) atoms. The molecule has 1 saturated heterocycles. The Hall–Kier alpha value is -3.71. The maximum atomic E-state index is 11.6. The van der Waals surface area contributed by atoms with Crippen LogP contribution in [0.4, 0.5) is 0 Å². The highest BCUT2D eigenvalue weighted by Gasteiger charge is 2.34. The van der Waals surface area contributed by atoms with E-state index in [1.54, 1.807) is 14.2 Å². The molecule has 0 bridgehead atoms. The minimum absolute atomic E-state index is 0.219. The Balaban J connectivity index is 1.73. The predicted molar refractivity (Wildman–Crippen MR) is 142 cm³/mol. The summed E-state index contributed by atoms with van der Waals surface area (Å²) >= 11 is 0. The monoisotopic (exact) mass is 505 g/mol. The molecule has 0 saturated carbocycles. The van der Waals surface area contributed by atoms with Crippen molar-refractivity contribution in [3.63, 3.8) is 0 Å². The van der Waals surface area contributed by atoms with Crippen molar-refractivity contribution >= 4 is 5.97 Å². The second kappa shape index (κ2) is 12.5. The van der Waals surface area contributed by atoms with Crippen LogP contribution in [0.1, 0.15) is 42.5 Å². The van der Waals surface area contributed by atoms with Gasteiger partial charge < -0.3 is 24.1 Å².